The first-order valence-electron chi connectivity index (χ1n) is 19.6. The van der Waals surface area contributed by atoms with Gasteiger partial charge in [0.05, 0.1) is 33.4 Å². The SMILES string of the molecule is C/C=C\C(=C/C)c1ccc2c(c1)c1cc(-c3ccccc3)ccc1n2-c1cc(N)cc(-n2c3ccc(-c4ccccc4)cc3c3cc(-c4ccccc4)ccc32)c1. The highest BCUT2D eigenvalue weighted by Gasteiger charge is 2.19. The average Bonchev–Trinajstić information content (AvgIpc) is 3.77. The van der Waals surface area contributed by atoms with Crippen LogP contribution in [0.3, 0.4) is 0 Å². The maximum atomic E-state index is 6.92. The van der Waals surface area contributed by atoms with Crippen molar-refractivity contribution in [3.63, 3.8) is 0 Å². The van der Waals surface area contributed by atoms with Crippen molar-refractivity contribution < 1.29 is 0 Å². The largest absolute Gasteiger partial charge is 0.399 e. The normalized spacial score (nSPS) is 12.1. The van der Waals surface area contributed by atoms with Gasteiger partial charge in [0, 0.05) is 27.2 Å². The van der Waals surface area contributed by atoms with Gasteiger partial charge in [-0.05, 0) is 125 Å². The van der Waals surface area contributed by atoms with Crippen molar-refractivity contribution in [2.24, 2.45) is 0 Å². The van der Waals surface area contributed by atoms with Crippen LogP contribution in [0.1, 0.15) is 19.4 Å². The van der Waals surface area contributed by atoms with Crippen LogP contribution in [0.25, 0.3) is 93.9 Å². The van der Waals surface area contributed by atoms with Crippen molar-refractivity contribution in [3.05, 3.63) is 206 Å². The second kappa shape index (κ2) is 14.1. The molecule has 3 heteroatoms. The molecule has 0 saturated carbocycles. The zero-order valence-corrected chi connectivity index (χ0v) is 32.0. The number of fused-ring (bicyclic) bond motifs is 6. The number of hydrogen-bond donors (Lipinski definition) is 1. The molecule has 0 saturated heterocycles. The van der Waals surface area contributed by atoms with Crippen molar-refractivity contribution in [1.29, 1.82) is 0 Å². The molecule has 0 fully saturated rings. The van der Waals surface area contributed by atoms with Crippen LogP contribution in [0.4, 0.5) is 5.69 Å². The molecule has 2 heterocycles. The van der Waals surface area contributed by atoms with Gasteiger partial charge in [-0.25, -0.2) is 0 Å². The lowest BCUT2D eigenvalue weighted by atomic mass is 10.00. The lowest BCUT2D eigenvalue weighted by Gasteiger charge is -2.15. The van der Waals surface area contributed by atoms with Crippen molar-refractivity contribution in [2.75, 3.05) is 5.73 Å². The van der Waals surface area contributed by atoms with Crippen LogP contribution in [-0.4, -0.2) is 9.13 Å². The summed E-state index contributed by atoms with van der Waals surface area (Å²) in [5, 5.41) is 4.80. The maximum absolute atomic E-state index is 6.92. The van der Waals surface area contributed by atoms with E-state index < -0.39 is 0 Å². The van der Waals surface area contributed by atoms with E-state index in [-0.39, 0.29) is 0 Å². The van der Waals surface area contributed by atoms with Gasteiger partial charge in [0.25, 0.3) is 0 Å². The topological polar surface area (TPSA) is 35.9 Å². The fourth-order valence-electron chi connectivity index (χ4n) is 8.63. The van der Waals surface area contributed by atoms with Crippen molar-refractivity contribution >= 4 is 54.9 Å². The summed E-state index contributed by atoms with van der Waals surface area (Å²) >= 11 is 0. The molecule has 0 aliphatic carbocycles. The van der Waals surface area contributed by atoms with Gasteiger partial charge in [0.15, 0.2) is 0 Å². The first-order chi connectivity index (χ1) is 28.1. The van der Waals surface area contributed by atoms with Crippen molar-refractivity contribution in [2.45, 2.75) is 13.8 Å². The van der Waals surface area contributed by atoms with Gasteiger partial charge in [0.2, 0.25) is 0 Å². The van der Waals surface area contributed by atoms with E-state index in [2.05, 4.69) is 223 Å². The Morgan fingerprint density at radius 2 is 0.789 bits per heavy atom. The van der Waals surface area contributed by atoms with E-state index in [1.807, 2.05) is 0 Å². The maximum Gasteiger partial charge on any atom is 0.0541 e. The molecule has 3 nitrogen and oxygen atoms in total. The fraction of sp³-hybridized carbons (Fsp3) is 0.0370. The highest BCUT2D eigenvalue weighted by Crippen LogP contribution is 2.40. The summed E-state index contributed by atoms with van der Waals surface area (Å²) in [5.41, 5.74) is 23.7. The number of nitrogen functional groups attached to an aromatic ring is 1. The van der Waals surface area contributed by atoms with Crippen LogP contribution >= 0.6 is 0 Å². The minimum absolute atomic E-state index is 0.705. The molecule has 10 rings (SSSR count). The zero-order valence-electron chi connectivity index (χ0n) is 32.0. The highest BCUT2D eigenvalue weighted by atomic mass is 15.0. The van der Waals surface area contributed by atoms with Crippen LogP contribution in [-0.2, 0) is 0 Å². The molecule has 10 aromatic rings. The summed E-state index contributed by atoms with van der Waals surface area (Å²) in [5.74, 6) is 0. The number of rotatable bonds is 7. The first-order valence-corrected chi connectivity index (χ1v) is 19.6. The molecule has 57 heavy (non-hydrogen) atoms. The van der Waals surface area contributed by atoms with Crippen LogP contribution in [0.2, 0.25) is 0 Å². The number of aromatic nitrogens is 2. The van der Waals surface area contributed by atoms with Gasteiger partial charge in [-0.1, -0.05) is 133 Å². The molecule has 8 aromatic carbocycles. The number of anilines is 1. The Bertz CT molecular complexity index is 3080. The second-order valence-electron chi connectivity index (χ2n) is 14.7. The predicted molar refractivity (Wildman–Crippen MR) is 244 cm³/mol. The molecule has 0 unspecified atom stereocenters. The molecule has 0 aliphatic heterocycles. The zero-order chi connectivity index (χ0) is 38.5. The van der Waals surface area contributed by atoms with Crippen molar-refractivity contribution in [3.8, 4) is 44.8 Å². The molecule has 2 aromatic heterocycles. The Kier molecular flexibility index (Phi) is 8.42. The Hall–Kier alpha value is -7.36. The Labute approximate surface area is 332 Å². The molecule has 0 atom stereocenters. The summed E-state index contributed by atoms with van der Waals surface area (Å²) in [4.78, 5) is 0. The Morgan fingerprint density at radius 1 is 0.404 bits per heavy atom. The quantitative estimate of drug-likeness (QED) is 0.129. The minimum atomic E-state index is 0.705. The second-order valence-corrected chi connectivity index (χ2v) is 14.7. The molecular formula is C54H41N3. The molecule has 0 amide bonds. The van der Waals surface area contributed by atoms with E-state index in [0.29, 0.717) is 5.69 Å². The standard InChI is InChI=1S/C54H41N3/c1-3-14-36(4-2)40-21-25-51-47(29-40)48-30-41(37-15-8-5-9-16-37)22-26-52(48)56(51)45-33-44(55)34-46(35-45)57-53-27-23-42(38-17-10-6-11-18-38)31-49(53)50-32-43(24-28-54(50)57)39-19-12-7-13-20-39/h3-35H,55H2,1-2H3/b14-3-,36-4+. The van der Waals surface area contributed by atoms with E-state index >= 15 is 0 Å². The Balaban J connectivity index is 1.22. The van der Waals surface area contributed by atoms with E-state index in [1.54, 1.807) is 0 Å². The van der Waals surface area contributed by atoms with Gasteiger partial charge < -0.3 is 14.9 Å². The first kappa shape index (κ1) is 34.2. The lowest BCUT2D eigenvalue weighted by Crippen LogP contribution is -2.01. The summed E-state index contributed by atoms with van der Waals surface area (Å²) in [7, 11) is 0. The van der Waals surface area contributed by atoms with Crippen molar-refractivity contribution in [1.82, 2.24) is 9.13 Å². The van der Waals surface area contributed by atoms with Gasteiger partial charge in [-0.2, -0.15) is 0 Å². The van der Waals surface area contributed by atoms with E-state index in [9.17, 15) is 0 Å². The van der Waals surface area contributed by atoms with Gasteiger partial charge in [-0.3, -0.25) is 0 Å². The molecule has 0 radical (unpaired) electrons. The Morgan fingerprint density at radius 3 is 1.18 bits per heavy atom. The number of hydrogen-bond acceptors (Lipinski definition) is 1. The minimum Gasteiger partial charge on any atom is -0.399 e. The van der Waals surface area contributed by atoms with Crippen LogP contribution < -0.4 is 5.73 Å². The lowest BCUT2D eigenvalue weighted by molar-refractivity contribution is 1.14. The molecule has 272 valence electrons. The fourth-order valence-corrected chi connectivity index (χ4v) is 8.63. The number of nitrogens with zero attached hydrogens (tertiary/aromatic N) is 2. The highest BCUT2D eigenvalue weighted by molar-refractivity contribution is 6.13. The predicted octanol–water partition coefficient (Wildman–Crippen LogP) is 14.4. The summed E-state index contributed by atoms with van der Waals surface area (Å²) in [6.07, 6.45) is 6.46. The van der Waals surface area contributed by atoms with E-state index in [1.165, 1.54) is 66.1 Å². The van der Waals surface area contributed by atoms with E-state index in [4.69, 9.17) is 5.73 Å². The third kappa shape index (κ3) is 5.92. The van der Waals surface area contributed by atoms with Gasteiger partial charge >= 0.3 is 0 Å². The summed E-state index contributed by atoms with van der Waals surface area (Å²) in [6, 6.07) is 65.7. The third-order valence-electron chi connectivity index (χ3n) is 11.3. The van der Waals surface area contributed by atoms with Gasteiger partial charge in [0.1, 0.15) is 0 Å². The molecule has 0 bridgehead atoms. The van der Waals surface area contributed by atoms with E-state index in [0.717, 1.165) is 33.4 Å². The number of benzene rings is 8. The van der Waals surface area contributed by atoms with Crippen LogP contribution in [0, 0.1) is 0 Å². The molecule has 0 aliphatic rings. The van der Waals surface area contributed by atoms with Crippen LogP contribution in [0.15, 0.2) is 200 Å². The summed E-state index contributed by atoms with van der Waals surface area (Å²) in [6.45, 7) is 4.17. The van der Waals surface area contributed by atoms with Gasteiger partial charge in [-0.15, -0.1) is 0 Å². The molecule has 0 spiro atoms. The summed E-state index contributed by atoms with van der Waals surface area (Å²) < 4.78 is 4.76. The van der Waals surface area contributed by atoms with Crippen LogP contribution in [0.5, 0.6) is 0 Å². The average molecular weight is 732 g/mol. The molecule has 2 N–H and O–H groups in total. The monoisotopic (exact) mass is 731 g/mol. The number of nitrogens with two attached hydrogens (primary N) is 1. The molecular weight excluding hydrogens is 691 g/mol. The third-order valence-corrected chi connectivity index (χ3v) is 11.3. The number of allylic oxidation sites excluding steroid dienone is 4. The smallest absolute Gasteiger partial charge is 0.0541 e.